The third-order valence-corrected chi connectivity index (χ3v) is 3.22. The first-order valence-electron chi connectivity index (χ1n) is 6.18. The molecule has 2 rings (SSSR count). The molecule has 6 heteroatoms. The molecule has 0 radical (unpaired) electrons. The summed E-state index contributed by atoms with van der Waals surface area (Å²) in [5.41, 5.74) is 0.979. The van der Waals surface area contributed by atoms with Gasteiger partial charge in [-0.25, -0.2) is 0 Å². The lowest BCUT2D eigenvalue weighted by molar-refractivity contribution is 0.376. The summed E-state index contributed by atoms with van der Waals surface area (Å²) < 4.78 is 0. The van der Waals surface area contributed by atoms with Crippen molar-refractivity contribution >= 4 is 22.8 Å². The molecule has 0 unspecified atom stereocenters. The Bertz CT molecular complexity index is 530. The van der Waals surface area contributed by atoms with Gasteiger partial charge in [0.2, 0.25) is 5.95 Å². The Hall–Kier alpha value is -1.85. The highest BCUT2D eigenvalue weighted by Crippen LogP contribution is 2.24. The van der Waals surface area contributed by atoms with Crippen molar-refractivity contribution < 1.29 is 0 Å². The second-order valence-electron chi connectivity index (χ2n) is 5.15. The molecular weight excluding hydrogens is 228 g/mol. The molecule has 6 nitrogen and oxygen atoms in total. The van der Waals surface area contributed by atoms with Crippen molar-refractivity contribution in [3.8, 4) is 0 Å². The van der Waals surface area contributed by atoms with E-state index in [1.807, 2.05) is 0 Å². The summed E-state index contributed by atoms with van der Waals surface area (Å²) in [6, 6.07) is 0. The van der Waals surface area contributed by atoms with Gasteiger partial charge in [-0.1, -0.05) is 20.8 Å². The van der Waals surface area contributed by atoms with E-state index < -0.39 is 0 Å². The normalized spacial score (nSPS) is 11.8. The third kappa shape index (κ3) is 2.52. The number of nitrogens with zero attached hydrogens (tertiary/aromatic N) is 3. The third-order valence-electron chi connectivity index (χ3n) is 3.22. The van der Waals surface area contributed by atoms with Crippen molar-refractivity contribution in [1.82, 2.24) is 20.2 Å². The van der Waals surface area contributed by atoms with Crippen LogP contribution in [0.1, 0.15) is 27.2 Å². The van der Waals surface area contributed by atoms with Gasteiger partial charge in [-0.3, -0.25) is 5.10 Å². The van der Waals surface area contributed by atoms with Gasteiger partial charge in [0, 0.05) is 13.6 Å². The van der Waals surface area contributed by atoms with Crippen molar-refractivity contribution in [3.63, 3.8) is 0 Å². The highest BCUT2D eigenvalue weighted by Gasteiger charge is 2.16. The van der Waals surface area contributed by atoms with E-state index in [9.17, 15) is 0 Å². The van der Waals surface area contributed by atoms with Crippen LogP contribution in [-0.2, 0) is 0 Å². The zero-order valence-electron chi connectivity index (χ0n) is 11.3. The van der Waals surface area contributed by atoms with Gasteiger partial charge in [-0.15, -0.1) is 0 Å². The van der Waals surface area contributed by atoms with E-state index >= 15 is 0 Å². The number of hydrogen-bond donors (Lipinski definition) is 3. The smallest absolute Gasteiger partial charge is 0.226 e. The second kappa shape index (κ2) is 4.80. The second-order valence-corrected chi connectivity index (χ2v) is 5.15. The van der Waals surface area contributed by atoms with Gasteiger partial charge in [-0.05, 0) is 11.8 Å². The van der Waals surface area contributed by atoms with Crippen LogP contribution < -0.4 is 10.6 Å². The van der Waals surface area contributed by atoms with Crippen LogP contribution in [-0.4, -0.2) is 33.8 Å². The molecule has 0 saturated carbocycles. The summed E-state index contributed by atoms with van der Waals surface area (Å²) in [4.78, 5) is 8.73. The predicted octanol–water partition coefficient (Wildman–Crippen LogP) is 2.24. The first-order chi connectivity index (χ1) is 8.55. The standard InChI is InChI=1S/C12H20N6/c1-5-12(2,3)7-14-9-8-6-15-18-10(8)17-11(13-4)16-9/h6H,5,7H2,1-4H3,(H3,13,14,15,16,17,18). The minimum Gasteiger partial charge on any atom is -0.369 e. The lowest BCUT2D eigenvalue weighted by atomic mass is 9.90. The average Bonchev–Trinajstić information content (AvgIpc) is 2.84. The Morgan fingerprint density at radius 1 is 1.33 bits per heavy atom. The van der Waals surface area contributed by atoms with E-state index in [1.165, 1.54) is 0 Å². The molecule has 98 valence electrons. The molecule has 0 aliphatic heterocycles. The summed E-state index contributed by atoms with van der Waals surface area (Å²) in [7, 11) is 1.80. The average molecular weight is 248 g/mol. The van der Waals surface area contributed by atoms with Crippen LogP contribution in [0.25, 0.3) is 11.0 Å². The van der Waals surface area contributed by atoms with Crippen LogP contribution >= 0.6 is 0 Å². The molecule has 2 heterocycles. The first kappa shape index (κ1) is 12.6. The summed E-state index contributed by atoms with van der Waals surface area (Å²) >= 11 is 0. The molecule has 0 aliphatic rings. The SMILES string of the molecule is CCC(C)(C)CNc1nc(NC)nc2[nH]ncc12. The van der Waals surface area contributed by atoms with Crippen molar-refractivity contribution in [2.45, 2.75) is 27.2 Å². The lowest BCUT2D eigenvalue weighted by Crippen LogP contribution is -2.22. The van der Waals surface area contributed by atoms with E-state index in [0.717, 1.165) is 29.8 Å². The van der Waals surface area contributed by atoms with Crippen molar-refractivity contribution in [2.24, 2.45) is 5.41 Å². The maximum atomic E-state index is 4.44. The molecular formula is C12H20N6. The van der Waals surface area contributed by atoms with Crippen LogP contribution in [0, 0.1) is 5.41 Å². The Balaban J connectivity index is 2.28. The van der Waals surface area contributed by atoms with Crippen LogP contribution in [0.4, 0.5) is 11.8 Å². The molecule has 0 spiro atoms. The number of hydrogen-bond acceptors (Lipinski definition) is 5. The minimum absolute atomic E-state index is 0.237. The van der Waals surface area contributed by atoms with Crippen LogP contribution in [0.3, 0.4) is 0 Å². The molecule has 2 aromatic heterocycles. The molecule has 0 bridgehead atoms. The topological polar surface area (TPSA) is 78.5 Å². The molecule has 0 amide bonds. The Morgan fingerprint density at radius 3 is 2.78 bits per heavy atom. The maximum absolute atomic E-state index is 4.44. The summed E-state index contributed by atoms with van der Waals surface area (Å²) in [5.74, 6) is 1.41. The molecule has 0 atom stereocenters. The van der Waals surface area contributed by atoms with Gasteiger partial charge < -0.3 is 10.6 Å². The van der Waals surface area contributed by atoms with E-state index in [2.05, 4.69) is 51.6 Å². The van der Waals surface area contributed by atoms with Gasteiger partial charge in [0.25, 0.3) is 0 Å². The zero-order valence-corrected chi connectivity index (χ0v) is 11.3. The molecule has 0 fully saturated rings. The Kier molecular flexibility index (Phi) is 3.36. The largest absolute Gasteiger partial charge is 0.369 e. The number of fused-ring (bicyclic) bond motifs is 1. The maximum Gasteiger partial charge on any atom is 0.226 e. The molecule has 3 N–H and O–H groups in total. The van der Waals surface area contributed by atoms with Gasteiger partial charge in [-0.2, -0.15) is 15.1 Å². The van der Waals surface area contributed by atoms with Gasteiger partial charge >= 0.3 is 0 Å². The molecule has 0 aromatic carbocycles. The molecule has 0 aliphatic carbocycles. The lowest BCUT2D eigenvalue weighted by Gasteiger charge is -2.23. The fraction of sp³-hybridized carbons (Fsp3) is 0.583. The monoisotopic (exact) mass is 248 g/mol. The number of rotatable bonds is 5. The van der Waals surface area contributed by atoms with Crippen molar-refractivity contribution in [1.29, 1.82) is 0 Å². The van der Waals surface area contributed by atoms with Crippen LogP contribution in [0.5, 0.6) is 0 Å². The number of anilines is 2. The van der Waals surface area contributed by atoms with E-state index in [1.54, 1.807) is 13.2 Å². The highest BCUT2D eigenvalue weighted by molar-refractivity contribution is 5.86. The number of aromatic amines is 1. The number of H-pyrrole nitrogens is 1. The quantitative estimate of drug-likeness (QED) is 0.756. The fourth-order valence-corrected chi connectivity index (χ4v) is 1.53. The summed E-state index contributed by atoms with van der Waals surface area (Å²) in [6.45, 7) is 7.51. The van der Waals surface area contributed by atoms with Gasteiger partial charge in [0.05, 0.1) is 11.6 Å². The zero-order chi connectivity index (χ0) is 13.2. The Morgan fingerprint density at radius 2 is 2.11 bits per heavy atom. The first-order valence-corrected chi connectivity index (χ1v) is 6.18. The molecule has 0 saturated heterocycles. The van der Waals surface area contributed by atoms with Gasteiger partial charge in [0.15, 0.2) is 5.65 Å². The molecule has 18 heavy (non-hydrogen) atoms. The van der Waals surface area contributed by atoms with Gasteiger partial charge in [0.1, 0.15) is 5.82 Å². The van der Waals surface area contributed by atoms with E-state index in [0.29, 0.717) is 5.95 Å². The minimum atomic E-state index is 0.237. The van der Waals surface area contributed by atoms with Crippen LogP contribution in [0.2, 0.25) is 0 Å². The van der Waals surface area contributed by atoms with Crippen molar-refractivity contribution in [3.05, 3.63) is 6.20 Å². The Labute approximate surface area is 107 Å². The van der Waals surface area contributed by atoms with Crippen LogP contribution in [0.15, 0.2) is 6.20 Å². The summed E-state index contributed by atoms with van der Waals surface area (Å²) in [6.07, 6.45) is 2.86. The number of nitrogens with one attached hydrogen (secondary N) is 3. The molecule has 2 aromatic rings. The van der Waals surface area contributed by atoms with E-state index in [-0.39, 0.29) is 5.41 Å². The van der Waals surface area contributed by atoms with Crippen molar-refractivity contribution in [2.75, 3.05) is 24.2 Å². The fourth-order valence-electron chi connectivity index (χ4n) is 1.53. The summed E-state index contributed by atoms with van der Waals surface area (Å²) in [5, 5.41) is 14.1. The predicted molar refractivity (Wildman–Crippen MR) is 73.8 cm³/mol. The van der Waals surface area contributed by atoms with E-state index in [4.69, 9.17) is 0 Å². The highest BCUT2D eigenvalue weighted by atomic mass is 15.2. The number of aromatic nitrogens is 4.